The maximum atomic E-state index is 8.72. The lowest BCUT2D eigenvalue weighted by atomic mass is 10.1. The van der Waals surface area contributed by atoms with Crippen molar-refractivity contribution >= 4 is 0 Å². The maximum Gasteiger partial charge on any atom is 0.123 e. The SMILES string of the molecule is CCN(CC#N)CC1Cc2cc(C)ccc2O1. The molecule has 0 aliphatic carbocycles. The Labute approximate surface area is 103 Å². The Morgan fingerprint density at radius 3 is 3.06 bits per heavy atom. The van der Waals surface area contributed by atoms with E-state index in [2.05, 4.69) is 36.9 Å². The summed E-state index contributed by atoms with van der Waals surface area (Å²) in [5.74, 6) is 1.01. The molecule has 3 nitrogen and oxygen atoms in total. The van der Waals surface area contributed by atoms with Crippen LogP contribution in [0.2, 0.25) is 0 Å². The van der Waals surface area contributed by atoms with Crippen LogP contribution in [0.4, 0.5) is 0 Å². The Kier molecular flexibility index (Phi) is 3.65. The largest absolute Gasteiger partial charge is 0.488 e. The van der Waals surface area contributed by atoms with Crippen LogP contribution in [0.25, 0.3) is 0 Å². The summed E-state index contributed by atoms with van der Waals surface area (Å²) >= 11 is 0. The smallest absolute Gasteiger partial charge is 0.123 e. The van der Waals surface area contributed by atoms with E-state index < -0.39 is 0 Å². The molecule has 0 bridgehead atoms. The predicted octanol–water partition coefficient (Wildman–Crippen LogP) is 2.14. The Morgan fingerprint density at radius 1 is 1.53 bits per heavy atom. The van der Waals surface area contributed by atoms with Crippen LogP contribution in [0.3, 0.4) is 0 Å². The van der Waals surface area contributed by atoms with E-state index in [0.717, 1.165) is 25.3 Å². The van der Waals surface area contributed by atoms with Gasteiger partial charge in [0.2, 0.25) is 0 Å². The van der Waals surface area contributed by atoms with Crippen LogP contribution in [0.1, 0.15) is 18.1 Å². The Bertz CT molecular complexity index is 436. The van der Waals surface area contributed by atoms with E-state index in [0.29, 0.717) is 6.54 Å². The van der Waals surface area contributed by atoms with Gasteiger partial charge in [-0.25, -0.2) is 0 Å². The number of nitriles is 1. The van der Waals surface area contributed by atoms with Crippen molar-refractivity contribution < 1.29 is 4.74 Å². The van der Waals surface area contributed by atoms with E-state index in [1.807, 2.05) is 6.07 Å². The van der Waals surface area contributed by atoms with E-state index in [4.69, 9.17) is 10.00 Å². The van der Waals surface area contributed by atoms with Gasteiger partial charge in [-0.1, -0.05) is 24.6 Å². The fourth-order valence-corrected chi connectivity index (χ4v) is 2.24. The molecule has 1 aliphatic heterocycles. The molecule has 90 valence electrons. The molecule has 3 heteroatoms. The number of nitrogens with zero attached hydrogens (tertiary/aromatic N) is 2. The first-order valence-corrected chi connectivity index (χ1v) is 6.08. The molecule has 2 rings (SSSR count). The van der Waals surface area contributed by atoms with Crippen molar-refractivity contribution in [2.45, 2.75) is 26.4 Å². The standard InChI is InChI=1S/C14H18N2O/c1-3-16(7-6-15)10-13-9-12-8-11(2)4-5-14(12)17-13/h4-5,8,13H,3,7,9-10H2,1-2H3. The summed E-state index contributed by atoms with van der Waals surface area (Å²) in [5.41, 5.74) is 2.57. The highest BCUT2D eigenvalue weighted by atomic mass is 16.5. The molecular formula is C14H18N2O. The Balaban J connectivity index is 1.98. The topological polar surface area (TPSA) is 36.3 Å². The molecule has 0 N–H and O–H groups in total. The van der Waals surface area contributed by atoms with Crippen molar-refractivity contribution in [2.24, 2.45) is 0 Å². The summed E-state index contributed by atoms with van der Waals surface area (Å²) in [6.07, 6.45) is 1.15. The lowest BCUT2D eigenvalue weighted by molar-refractivity contribution is 0.164. The third kappa shape index (κ3) is 2.78. The van der Waals surface area contributed by atoms with Gasteiger partial charge >= 0.3 is 0 Å². The first-order chi connectivity index (χ1) is 8.22. The molecule has 1 aliphatic rings. The van der Waals surface area contributed by atoms with Gasteiger partial charge in [-0.3, -0.25) is 4.90 Å². The zero-order chi connectivity index (χ0) is 12.3. The van der Waals surface area contributed by atoms with Crippen LogP contribution in [0.15, 0.2) is 18.2 Å². The zero-order valence-electron chi connectivity index (χ0n) is 10.4. The molecule has 1 atom stereocenters. The van der Waals surface area contributed by atoms with Gasteiger partial charge in [-0.2, -0.15) is 5.26 Å². The molecule has 0 saturated heterocycles. The lowest BCUT2D eigenvalue weighted by Gasteiger charge is -2.20. The number of fused-ring (bicyclic) bond motifs is 1. The second-order valence-corrected chi connectivity index (χ2v) is 4.54. The predicted molar refractivity (Wildman–Crippen MR) is 67.0 cm³/mol. The molecule has 0 aromatic heterocycles. The summed E-state index contributed by atoms with van der Waals surface area (Å²) in [7, 11) is 0. The normalized spacial score (nSPS) is 17.6. The van der Waals surface area contributed by atoms with Crippen LogP contribution in [-0.4, -0.2) is 30.6 Å². The number of likely N-dealkylation sites (N-methyl/N-ethyl adjacent to an activating group) is 1. The molecule has 1 aromatic carbocycles. The number of rotatable bonds is 4. The number of aryl methyl sites for hydroxylation is 1. The van der Waals surface area contributed by atoms with Crippen LogP contribution in [0, 0.1) is 18.3 Å². The number of hydrogen-bond acceptors (Lipinski definition) is 3. The summed E-state index contributed by atoms with van der Waals surface area (Å²) in [6.45, 7) is 6.37. The summed E-state index contributed by atoms with van der Waals surface area (Å²) in [6, 6.07) is 8.51. The van der Waals surface area contributed by atoms with Crippen molar-refractivity contribution in [3.05, 3.63) is 29.3 Å². The minimum atomic E-state index is 0.195. The van der Waals surface area contributed by atoms with E-state index in [9.17, 15) is 0 Å². The molecule has 0 spiro atoms. The van der Waals surface area contributed by atoms with Crippen molar-refractivity contribution in [3.63, 3.8) is 0 Å². The van der Waals surface area contributed by atoms with E-state index >= 15 is 0 Å². The minimum absolute atomic E-state index is 0.195. The summed E-state index contributed by atoms with van der Waals surface area (Å²) in [4.78, 5) is 2.11. The monoisotopic (exact) mass is 230 g/mol. The average Bonchev–Trinajstić information content (AvgIpc) is 2.69. The molecule has 0 fully saturated rings. The minimum Gasteiger partial charge on any atom is -0.488 e. The second-order valence-electron chi connectivity index (χ2n) is 4.54. The van der Waals surface area contributed by atoms with Crippen molar-refractivity contribution in [1.82, 2.24) is 4.90 Å². The third-order valence-electron chi connectivity index (χ3n) is 3.16. The van der Waals surface area contributed by atoms with Gasteiger partial charge < -0.3 is 4.74 Å². The highest BCUT2D eigenvalue weighted by Crippen LogP contribution is 2.29. The molecular weight excluding hydrogens is 212 g/mol. The van der Waals surface area contributed by atoms with Gasteiger partial charge in [0.1, 0.15) is 11.9 Å². The average molecular weight is 230 g/mol. The van der Waals surface area contributed by atoms with Gasteiger partial charge in [0.25, 0.3) is 0 Å². The lowest BCUT2D eigenvalue weighted by Crippen LogP contribution is -2.34. The van der Waals surface area contributed by atoms with Gasteiger partial charge in [0.05, 0.1) is 12.6 Å². The molecule has 0 amide bonds. The van der Waals surface area contributed by atoms with Crippen LogP contribution < -0.4 is 4.74 Å². The maximum absolute atomic E-state index is 8.72. The quantitative estimate of drug-likeness (QED) is 0.744. The van der Waals surface area contributed by atoms with Gasteiger partial charge in [0.15, 0.2) is 0 Å². The Hall–Kier alpha value is -1.53. The van der Waals surface area contributed by atoms with Gasteiger partial charge in [-0.15, -0.1) is 0 Å². The first-order valence-electron chi connectivity index (χ1n) is 6.08. The first kappa shape index (κ1) is 11.9. The summed E-state index contributed by atoms with van der Waals surface area (Å²) < 4.78 is 5.89. The molecule has 17 heavy (non-hydrogen) atoms. The number of benzene rings is 1. The molecule has 0 saturated carbocycles. The van der Waals surface area contributed by atoms with E-state index in [1.165, 1.54) is 11.1 Å². The van der Waals surface area contributed by atoms with Crippen molar-refractivity contribution in [3.8, 4) is 11.8 Å². The van der Waals surface area contributed by atoms with Crippen molar-refractivity contribution in [1.29, 1.82) is 5.26 Å². The van der Waals surface area contributed by atoms with Crippen LogP contribution >= 0.6 is 0 Å². The Morgan fingerprint density at radius 2 is 2.35 bits per heavy atom. The molecule has 1 aromatic rings. The van der Waals surface area contributed by atoms with E-state index in [-0.39, 0.29) is 6.10 Å². The highest BCUT2D eigenvalue weighted by Gasteiger charge is 2.24. The zero-order valence-corrected chi connectivity index (χ0v) is 10.4. The van der Waals surface area contributed by atoms with Gasteiger partial charge in [-0.05, 0) is 25.1 Å². The molecule has 0 radical (unpaired) electrons. The third-order valence-corrected chi connectivity index (χ3v) is 3.16. The fourth-order valence-electron chi connectivity index (χ4n) is 2.24. The fraction of sp³-hybridized carbons (Fsp3) is 0.500. The van der Waals surface area contributed by atoms with Gasteiger partial charge in [0, 0.05) is 13.0 Å². The van der Waals surface area contributed by atoms with Crippen LogP contribution in [0.5, 0.6) is 5.75 Å². The highest BCUT2D eigenvalue weighted by molar-refractivity contribution is 5.40. The second kappa shape index (κ2) is 5.20. The summed E-state index contributed by atoms with van der Waals surface area (Å²) in [5, 5.41) is 8.72. The van der Waals surface area contributed by atoms with Crippen LogP contribution in [-0.2, 0) is 6.42 Å². The van der Waals surface area contributed by atoms with Crippen molar-refractivity contribution in [2.75, 3.05) is 19.6 Å². The van der Waals surface area contributed by atoms with E-state index in [1.54, 1.807) is 0 Å². The molecule has 1 heterocycles. The number of hydrogen-bond donors (Lipinski definition) is 0. The molecule has 1 unspecified atom stereocenters. The number of ether oxygens (including phenoxy) is 1.